The van der Waals surface area contributed by atoms with E-state index in [1.54, 1.807) is 11.8 Å². The predicted molar refractivity (Wildman–Crippen MR) is 71.5 cm³/mol. The van der Waals surface area contributed by atoms with Gasteiger partial charge >= 0.3 is 6.09 Å². The molecule has 0 saturated carbocycles. The highest BCUT2D eigenvalue weighted by atomic mass is 35.5. The van der Waals surface area contributed by atoms with Gasteiger partial charge in [0, 0.05) is 9.79 Å². The number of nitrogens with zero attached hydrogens (tertiary/aromatic N) is 1. The summed E-state index contributed by atoms with van der Waals surface area (Å²) in [5.74, 6) is 0. The minimum atomic E-state index is -0.600. The quantitative estimate of drug-likeness (QED) is 0.706. The maximum Gasteiger partial charge on any atom is 0.437 e. The summed E-state index contributed by atoms with van der Waals surface area (Å²) in [4.78, 5) is 15.3. The molecule has 1 aliphatic heterocycles. The number of amides is 1. The number of fused-ring (bicyclic) bond motifs is 2. The zero-order valence-corrected chi connectivity index (χ0v) is 10.7. The van der Waals surface area contributed by atoms with Gasteiger partial charge in [-0.05, 0) is 24.3 Å². The van der Waals surface area contributed by atoms with E-state index in [1.807, 2.05) is 48.5 Å². The minimum absolute atomic E-state index is 0.600. The third kappa shape index (κ3) is 1.74. The molecule has 0 aromatic heterocycles. The summed E-state index contributed by atoms with van der Waals surface area (Å²) >= 11 is 6.84. The number of halogens is 1. The third-order valence-electron chi connectivity index (χ3n) is 2.68. The first-order valence-corrected chi connectivity index (χ1v) is 6.42. The Hall–Kier alpha value is -1.65. The van der Waals surface area contributed by atoms with Crippen molar-refractivity contribution < 1.29 is 9.08 Å². The fraction of sp³-hybridized carbons (Fsp3) is 0. The molecule has 1 aliphatic rings. The Bertz CT molecular complexity index is 572. The van der Waals surface area contributed by atoms with E-state index in [-0.39, 0.29) is 0 Å². The van der Waals surface area contributed by atoms with Crippen LogP contribution in [0, 0.1) is 0 Å². The van der Waals surface area contributed by atoms with E-state index < -0.39 is 6.09 Å². The second-order valence-electron chi connectivity index (χ2n) is 3.72. The summed E-state index contributed by atoms with van der Waals surface area (Å²) in [7, 11) is 0. The summed E-state index contributed by atoms with van der Waals surface area (Å²) in [6, 6.07) is 15.3. The summed E-state index contributed by atoms with van der Waals surface area (Å²) in [6.07, 6.45) is -0.600. The molecule has 18 heavy (non-hydrogen) atoms. The summed E-state index contributed by atoms with van der Waals surface area (Å²) in [5.41, 5.74) is 1.57. The monoisotopic (exact) mass is 277 g/mol. The molecule has 3 nitrogen and oxygen atoms in total. The maximum absolute atomic E-state index is 11.9. The zero-order chi connectivity index (χ0) is 12.5. The summed E-state index contributed by atoms with van der Waals surface area (Å²) in [5, 5.41) is 0. The van der Waals surface area contributed by atoms with Gasteiger partial charge in [-0.15, -0.1) is 0 Å². The molecule has 3 rings (SSSR count). The van der Waals surface area contributed by atoms with E-state index >= 15 is 0 Å². The number of carbonyl (C=O) groups excluding carboxylic acids is 1. The SMILES string of the molecule is O=C(OCl)N1c2ccccc2Sc2ccccc21. The van der Waals surface area contributed by atoms with Gasteiger partial charge in [0.25, 0.3) is 0 Å². The molecule has 0 N–H and O–H groups in total. The van der Waals surface area contributed by atoms with Gasteiger partial charge in [0.05, 0.1) is 11.4 Å². The molecule has 90 valence electrons. The minimum Gasteiger partial charge on any atom is -0.330 e. The molecule has 0 aliphatic carbocycles. The Balaban J connectivity index is 2.20. The van der Waals surface area contributed by atoms with Crippen molar-refractivity contribution in [1.82, 2.24) is 0 Å². The molecule has 2 aromatic rings. The van der Waals surface area contributed by atoms with E-state index in [9.17, 15) is 4.79 Å². The number of benzene rings is 2. The Kier molecular flexibility index (Phi) is 2.89. The van der Waals surface area contributed by atoms with Gasteiger partial charge in [0.15, 0.2) is 0 Å². The van der Waals surface area contributed by atoms with Crippen LogP contribution in [0.5, 0.6) is 0 Å². The van der Waals surface area contributed by atoms with Gasteiger partial charge in [0.1, 0.15) is 11.9 Å². The molecule has 0 atom stereocenters. The van der Waals surface area contributed by atoms with Crippen LogP contribution in [0.3, 0.4) is 0 Å². The molecule has 1 heterocycles. The smallest absolute Gasteiger partial charge is 0.330 e. The van der Waals surface area contributed by atoms with Crippen LogP contribution in [0.25, 0.3) is 0 Å². The van der Waals surface area contributed by atoms with Crippen LogP contribution < -0.4 is 4.90 Å². The van der Waals surface area contributed by atoms with Crippen molar-refractivity contribution in [2.75, 3.05) is 4.90 Å². The largest absolute Gasteiger partial charge is 0.437 e. The van der Waals surface area contributed by atoms with Crippen LogP contribution in [0.15, 0.2) is 58.3 Å². The number of hydrogen-bond acceptors (Lipinski definition) is 3. The highest BCUT2D eigenvalue weighted by molar-refractivity contribution is 7.99. The Morgan fingerprint density at radius 3 is 2.00 bits per heavy atom. The molecule has 0 unspecified atom stereocenters. The first kappa shape index (κ1) is 11.4. The highest BCUT2D eigenvalue weighted by Gasteiger charge is 2.28. The maximum atomic E-state index is 11.9. The van der Waals surface area contributed by atoms with Crippen LogP contribution in [0.1, 0.15) is 0 Å². The van der Waals surface area contributed by atoms with Crippen LogP contribution in [-0.4, -0.2) is 6.09 Å². The van der Waals surface area contributed by atoms with E-state index in [1.165, 1.54) is 4.90 Å². The number of carbonyl (C=O) groups is 1. The Morgan fingerprint density at radius 1 is 1.00 bits per heavy atom. The summed E-state index contributed by atoms with van der Waals surface area (Å²) in [6.45, 7) is 0. The molecule has 0 radical (unpaired) electrons. The van der Waals surface area contributed by atoms with Gasteiger partial charge in [-0.25, -0.2) is 9.69 Å². The Labute approximate surface area is 113 Å². The van der Waals surface area contributed by atoms with Crippen molar-refractivity contribution in [1.29, 1.82) is 0 Å². The molecule has 1 amide bonds. The molecule has 0 fully saturated rings. The van der Waals surface area contributed by atoms with Gasteiger partial charge in [0.2, 0.25) is 0 Å². The number of anilines is 2. The summed E-state index contributed by atoms with van der Waals surface area (Å²) < 4.78 is 4.35. The second kappa shape index (κ2) is 4.55. The topological polar surface area (TPSA) is 29.5 Å². The molecular weight excluding hydrogens is 270 g/mol. The lowest BCUT2D eigenvalue weighted by Gasteiger charge is -2.28. The lowest BCUT2D eigenvalue weighted by molar-refractivity contribution is 0.214. The highest BCUT2D eigenvalue weighted by Crippen LogP contribution is 2.48. The zero-order valence-electron chi connectivity index (χ0n) is 9.17. The van der Waals surface area contributed by atoms with E-state index in [2.05, 4.69) is 4.29 Å². The van der Waals surface area contributed by atoms with Crippen LogP contribution in [-0.2, 0) is 4.29 Å². The molecule has 5 heteroatoms. The number of rotatable bonds is 0. The van der Waals surface area contributed by atoms with Crippen molar-refractivity contribution in [3.8, 4) is 0 Å². The number of hydrogen-bond donors (Lipinski definition) is 0. The second-order valence-corrected chi connectivity index (χ2v) is 4.95. The Morgan fingerprint density at radius 2 is 1.50 bits per heavy atom. The third-order valence-corrected chi connectivity index (χ3v) is 3.94. The molecule has 0 spiro atoms. The van der Waals surface area contributed by atoms with Crippen molar-refractivity contribution in [2.24, 2.45) is 0 Å². The first-order chi connectivity index (χ1) is 8.81. The lowest BCUT2D eigenvalue weighted by Crippen LogP contribution is -2.27. The van der Waals surface area contributed by atoms with Gasteiger partial charge in [-0.2, -0.15) is 0 Å². The molecular formula is C13H8ClNO2S. The fourth-order valence-electron chi connectivity index (χ4n) is 1.94. The van der Waals surface area contributed by atoms with E-state index in [0.29, 0.717) is 0 Å². The first-order valence-electron chi connectivity index (χ1n) is 5.30. The standard InChI is InChI=1S/C13H8ClNO2S/c14-17-13(16)15-9-5-1-3-7-11(9)18-12-8-4-2-6-10(12)15/h1-8H. The van der Waals surface area contributed by atoms with Crippen molar-refractivity contribution in [2.45, 2.75) is 9.79 Å². The van der Waals surface area contributed by atoms with E-state index in [4.69, 9.17) is 11.9 Å². The van der Waals surface area contributed by atoms with Crippen LogP contribution in [0.2, 0.25) is 0 Å². The predicted octanol–water partition coefficient (Wildman–Crippen LogP) is 4.58. The van der Waals surface area contributed by atoms with Crippen LogP contribution in [0.4, 0.5) is 16.2 Å². The lowest BCUT2D eigenvalue weighted by atomic mass is 10.2. The molecule has 0 saturated heterocycles. The van der Waals surface area contributed by atoms with Gasteiger partial charge < -0.3 is 4.29 Å². The molecule has 2 aromatic carbocycles. The van der Waals surface area contributed by atoms with Crippen molar-refractivity contribution >= 4 is 41.1 Å². The fourth-order valence-corrected chi connectivity index (χ4v) is 3.06. The van der Waals surface area contributed by atoms with E-state index in [0.717, 1.165) is 21.2 Å². The van der Waals surface area contributed by atoms with Crippen molar-refractivity contribution in [3.63, 3.8) is 0 Å². The van der Waals surface area contributed by atoms with Crippen molar-refractivity contribution in [3.05, 3.63) is 48.5 Å². The average molecular weight is 278 g/mol. The average Bonchev–Trinajstić information content (AvgIpc) is 2.44. The van der Waals surface area contributed by atoms with Gasteiger partial charge in [-0.3, -0.25) is 0 Å². The number of para-hydroxylation sites is 2. The van der Waals surface area contributed by atoms with Gasteiger partial charge in [-0.1, -0.05) is 36.0 Å². The normalized spacial score (nSPS) is 12.6. The molecule has 0 bridgehead atoms. The van der Waals surface area contributed by atoms with Crippen LogP contribution >= 0.6 is 23.6 Å².